The van der Waals surface area contributed by atoms with Gasteiger partial charge < -0.3 is 15.3 Å². The average molecular weight is 329 g/mol. The number of anilines is 1. The molecule has 5 heteroatoms. The molecule has 1 aliphatic heterocycles. The van der Waals surface area contributed by atoms with Gasteiger partial charge in [-0.3, -0.25) is 0 Å². The Hall–Kier alpha value is -1.98. The van der Waals surface area contributed by atoms with Gasteiger partial charge in [0, 0.05) is 31.4 Å². The van der Waals surface area contributed by atoms with Crippen LogP contribution in [0, 0.1) is 12.7 Å². The third kappa shape index (κ3) is 4.52. The lowest BCUT2D eigenvalue weighted by Gasteiger charge is -2.33. The van der Waals surface area contributed by atoms with E-state index < -0.39 is 6.10 Å². The zero-order chi connectivity index (χ0) is 16.9. The van der Waals surface area contributed by atoms with Gasteiger partial charge in [-0.2, -0.15) is 0 Å². The number of aryl methyl sites for hydroxylation is 1. The van der Waals surface area contributed by atoms with E-state index in [-0.39, 0.29) is 5.82 Å². The van der Waals surface area contributed by atoms with Crippen molar-refractivity contribution < 1.29 is 9.50 Å². The summed E-state index contributed by atoms with van der Waals surface area (Å²) in [6, 6.07) is 12.6. The molecule has 2 heterocycles. The van der Waals surface area contributed by atoms with Gasteiger partial charge in [0.05, 0.1) is 6.10 Å². The second-order valence-corrected chi connectivity index (χ2v) is 6.45. The Morgan fingerprint density at radius 1 is 1.25 bits per heavy atom. The monoisotopic (exact) mass is 329 g/mol. The fraction of sp³-hybridized carbons (Fsp3) is 0.421. The summed E-state index contributed by atoms with van der Waals surface area (Å²) in [6.07, 6.45) is 1.36. The molecule has 4 nitrogen and oxygen atoms in total. The maximum Gasteiger partial charge on any atom is 0.126 e. The Balaban J connectivity index is 1.48. The first-order chi connectivity index (χ1) is 11.6. The quantitative estimate of drug-likeness (QED) is 0.885. The highest BCUT2D eigenvalue weighted by atomic mass is 19.1. The molecule has 0 saturated carbocycles. The Bertz CT molecular complexity index is 671. The Labute approximate surface area is 142 Å². The summed E-state index contributed by atoms with van der Waals surface area (Å²) in [4.78, 5) is 6.72. The van der Waals surface area contributed by atoms with Crippen LogP contribution in [0.25, 0.3) is 0 Å². The molecule has 0 aliphatic carbocycles. The number of pyridine rings is 1. The van der Waals surface area contributed by atoms with Crippen LogP contribution in [0.3, 0.4) is 0 Å². The predicted octanol–water partition coefficient (Wildman–Crippen LogP) is 3.14. The van der Waals surface area contributed by atoms with Gasteiger partial charge in [-0.25, -0.2) is 9.37 Å². The Kier molecular flexibility index (Phi) is 5.43. The number of hydrogen-bond acceptors (Lipinski definition) is 4. The van der Waals surface area contributed by atoms with Crippen LogP contribution >= 0.6 is 0 Å². The van der Waals surface area contributed by atoms with Crippen LogP contribution in [0.2, 0.25) is 0 Å². The molecule has 1 aliphatic rings. The van der Waals surface area contributed by atoms with Gasteiger partial charge in [0.15, 0.2) is 0 Å². The van der Waals surface area contributed by atoms with E-state index in [1.165, 1.54) is 12.1 Å². The lowest BCUT2D eigenvalue weighted by molar-refractivity contribution is 0.0989. The number of aliphatic hydroxyl groups excluding tert-OH is 1. The van der Waals surface area contributed by atoms with Crippen LogP contribution in [0.15, 0.2) is 42.5 Å². The number of hydrogen-bond donors (Lipinski definition) is 2. The molecule has 1 atom stereocenters. The number of rotatable bonds is 5. The molecule has 2 N–H and O–H groups in total. The number of β-amino-alcohol motifs (C(OH)–C–C–N with tert-alkyl or cyclic N) is 1. The second-order valence-electron chi connectivity index (χ2n) is 6.45. The van der Waals surface area contributed by atoms with E-state index in [2.05, 4.69) is 15.2 Å². The van der Waals surface area contributed by atoms with Crippen molar-refractivity contribution >= 4 is 5.82 Å². The molecular weight excluding hydrogens is 305 g/mol. The van der Waals surface area contributed by atoms with Crippen LogP contribution < -0.4 is 5.32 Å². The minimum atomic E-state index is -0.649. The summed E-state index contributed by atoms with van der Waals surface area (Å²) < 4.78 is 13.3. The zero-order valence-corrected chi connectivity index (χ0v) is 14.0. The maximum atomic E-state index is 13.3. The molecule has 3 rings (SSSR count). The molecule has 0 spiro atoms. The first-order valence-corrected chi connectivity index (χ1v) is 8.46. The fourth-order valence-corrected chi connectivity index (χ4v) is 3.16. The van der Waals surface area contributed by atoms with E-state index in [1.807, 2.05) is 25.1 Å². The summed E-state index contributed by atoms with van der Waals surface area (Å²) in [6.45, 7) is 4.35. The lowest BCUT2D eigenvalue weighted by Crippen LogP contribution is -2.41. The summed E-state index contributed by atoms with van der Waals surface area (Å²) in [7, 11) is 0. The molecule has 2 aromatic rings. The highest BCUT2D eigenvalue weighted by Crippen LogP contribution is 2.20. The molecule has 0 radical (unpaired) electrons. The number of nitrogens with one attached hydrogen (secondary N) is 1. The van der Waals surface area contributed by atoms with Gasteiger partial charge in [0.1, 0.15) is 11.6 Å². The summed E-state index contributed by atoms with van der Waals surface area (Å²) in [5, 5.41) is 13.8. The number of piperidine rings is 1. The molecule has 1 aromatic carbocycles. The standard InChI is InChI=1S/C19H24FN3O/c1-14-4-2-7-19(21-14)22-17-8-10-23(11-9-17)13-18(24)15-5-3-6-16(20)12-15/h2-7,12,17-18,24H,8-11,13H2,1H3,(H,21,22)/t18-/m0/s1. The molecule has 1 aromatic heterocycles. The normalized spacial score (nSPS) is 17.6. The van der Waals surface area contributed by atoms with Gasteiger partial charge >= 0.3 is 0 Å². The fourth-order valence-electron chi connectivity index (χ4n) is 3.16. The number of nitrogens with zero attached hydrogens (tertiary/aromatic N) is 2. The molecule has 1 fully saturated rings. The number of likely N-dealkylation sites (tertiary alicyclic amines) is 1. The van der Waals surface area contributed by atoms with Gasteiger partial charge in [-0.05, 0) is 49.6 Å². The van der Waals surface area contributed by atoms with E-state index in [4.69, 9.17) is 0 Å². The summed E-state index contributed by atoms with van der Waals surface area (Å²) in [5.41, 5.74) is 1.65. The van der Waals surface area contributed by atoms with Gasteiger partial charge in [-0.15, -0.1) is 0 Å². The van der Waals surface area contributed by atoms with Crippen LogP contribution in [0.5, 0.6) is 0 Å². The first-order valence-electron chi connectivity index (χ1n) is 8.46. The topological polar surface area (TPSA) is 48.4 Å². The molecular formula is C19H24FN3O. The minimum absolute atomic E-state index is 0.305. The van der Waals surface area contributed by atoms with Crippen molar-refractivity contribution in [1.29, 1.82) is 0 Å². The van der Waals surface area contributed by atoms with E-state index >= 15 is 0 Å². The number of benzene rings is 1. The van der Waals surface area contributed by atoms with Crippen molar-refractivity contribution in [3.63, 3.8) is 0 Å². The first kappa shape index (κ1) is 16.9. The SMILES string of the molecule is Cc1cccc(NC2CCN(C[C@H](O)c3cccc(F)c3)CC2)n1. The largest absolute Gasteiger partial charge is 0.387 e. The number of aromatic nitrogens is 1. The number of halogens is 1. The van der Waals surface area contributed by atoms with Crippen LogP contribution in [0.4, 0.5) is 10.2 Å². The van der Waals surface area contributed by atoms with E-state index in [0.29, 0.717) is 18.2 Å². The molecule has 1 saturated heterocycles. The smallest absolute Gasteiger partial charge is 0.126 e. The van der Waals surface area contributed by atoms with Gasteiger partial charge in [0.2, 0.25) is 0 Å². The van der Waals surface area contributed by atoms with Crippen molar-refractivity contribution in [3.05, 3.63) is 59.5 Å². The molecule has 0 bridgehead atoms. The summed E-state index contributed by atoms with van der Waals surface area (Å²) in [5.74, 6) is 0.619. The third-order valence-electron chi connectivity index (χ3n) is 4.49. The van der Waals surface area contributed by atoms with E-state index in [0.717, 1.165) is 37.4 Å². The van der Waals surface area contributed by atoms with E-state index in [1.54, 1.807) is 12.1 Å². The Morgan fingerprint density at radius 3 is 2.71 bits per heavy atom. The zero-order valence-electron chi connectivity index (χ0n) is 14.0. The maximum absolute atomic E-state index is 13.3. The van der Waals surface area contributed by atoms with Gasteiger partial charge in [-0.1, -0.05) is 18.2 Å². The molecule has 24 heavy (non-hydrogen) atoms. The lowest BCUT2D eigenvalue weighted by atomic mass is 10.0. The van der Waals surface area contributed by atoms with Crippen molar-refractivity contribution in [1.82, 2.24) is 9.88 Å². The van der Waals surface area contributed by atoms with E-state index in [9.17, 15) is 9.50 Å². The van der Waals surface area contributed by atoms with Crippen LogP contribution in [-0.4, -0.2) is 40.7 Å². The third-order valence-corrected chi connectivity index (χ3v) is 4.49. The molecule has 128 valence electrons. The van der Waals surface area contributed by atoms with Crippen molar-refractivity contribution in [3.8, 4) is 0 Å². The summed E-state index contributed by atoms with van der Waals surface area (Å²) >= 11 is 0. The van der Waals surface area contributed by atoms with Crippen LogP contribution in [-0.2, 0) is 0 Å². The predicted molar refractivity (Wildman–Crippen MR) is 93.4 cm³/mol. The average Bonchev–Trinajstić information content (AvgIpc) is 2.57. The van der Waals surface area contributed by atoms with Crippen LogP contribution in [0.1, 0.15) is 30.2 Å². The second kappa shape index (κ2) is 7.73. The van der Waals surface area contributed by atoms with Crippen molar-refractivity contribution in [2.24, 2.45) is 0 Å². The molecule has 0 unspecified atom stereocenters. The van der Waals surface area contributed by atoms with Crippen molar-refractivity contribution in [2.45, 2.75) is 31.9 Å². The van der Waals surface area contributed by atoms with Crippen molar-refractivity contribution in [2.75, 3.05) is 25.0 Å². The minimum Gasteiger partial charge on any atom is -0.387 e. The van der Waals surface area contributed by atoms with Gasteiger partial charge in [0.25, 0.3) is 0 Å². The number of aliphatic hydroxyl groups is 1. The molecule has 0 amide bonds. The Morgan fingerprint density at radius 2 is 2.00 bits per heavy atom. The highest BCUT2D eigenvalue weighted by Gasteiger charge is 2.21. The highest BCUT2D eigenvalue weighted by molar-refractivity contribution is 5.36.